The number of phenols is 1. The van der Waals surface area contributed by atoms with E-state index in [1.165, 1.54) is 18.2 Å². The molecule has 6 heteroatoms. The van der Waals surface area contributed by atoms with Crippen LogP contribution in [0.2, 0.25) is 5.02 Å². The van der Waals surface area contributed by atoms with Crippen LogP contribution in [0.25, 0.3) is 0 Å². The SMILES string of the molecule is Cc1cc(Br)c(NC(=O)c2cc(O)ccc2N)cc1Cl. The van der Waals surface area contributed by atoms with Gasteiger partial charge in [-0.25, -0.2) is 0 Å². The van der Waals surface area contributed by atoms with Crippen molar-refractivity contribution in [2.45, 2.75) is 6.92 Å². The number of amides is 1. The molecule has 0 aromatic heterocycles. The quantitative estimate of drug-likeness (QED) is 0.564. The number of carbonyl (C=O) groups excluding carboxylic acids is 1. The van der Waals surface area contributed by atoms with E-state index in [1.54, 1.807) is 6.07 Å². The third-order valence-corrected chi connectivity index (χ3v) is 3.84. The Balaban J connectivity index is 2.32. The van der Waals surface area contributed by atoms with Gasteiger partial charge in [-0.1, -0.05) is 11.6 Å². The van der Waals surface area contributed by atoms with Gasteiger partial charge >= 0.3 is 0 Å². The normalized spacial score (nSPS) is 10.3. The highest BCUT2D eigenvalue weighted by Crippen LogP contribution is 2.30. The van der Waals surface area contributed by atoms with Crippen LogP contribution in [-0.2, 0) is 0 Å². The number of nitrogen functional groups attached to an aromatic ring is 1. The van der Waals surface area contributed by atoms with Crippen molar-refractivity contribution in [1.29, 1.82) is 0 Å². The Kier molecular flexibility index (Phi) is 4.20. The van der Waals surface area contributed by atoms with Crippen molar-refractivity contribution in [2.24, 2.45) is 0 Å². The highest BCUT2D eigenvalue weighted by Gasteiger charge is 2.13. The van der Waals surface area contributed by atoms with Crippen LogP contribution in [0.3, 0.4) is 0 Å². The monoisotopic (exact) mass is 354 g/mol. The van der Waals surface area contributed by atoms with Crippen molar-refractivity contribution in [1.82, 2.24) is 0 Å². The maximum Gasteiger partial charge on any atom is 0.257 e. The van der Waals surface area contributed by atoms with E-state index in [2.05, 4.69) is 21.2 Å². The number of halogens is 2. The summed E-state index contributed by atoms with van der Waals surface area (Å²) in [6, 6.07) is 7.67. The second-order valence-corrected chi connectivity index (χ2v) is 5.57. The van der Waals surface area contributed by atoms with Gasteiger partial charge in [0.05, 0.1) is 11.3 Å². The number of rotatable bonds is 2. The molecule has 0 atom stereocenters. The van der Waals surface area contributed by atoms with Gasteiger partial charge in [-0.3, -0.25) is 4.79 Å². The lowest BCUT2D eigenvalue weighted by Crippen LogP contribution is -2.14. The van der Waals surface area contributed by atoms with Crippen molar-refractivity contribution in [3.05, 3.63) is 51.0 Å². The highest BCUT2D eigenvalue weighted by atomic mass is 79.9. The Morgan fingerprint density at radius 3 is 2.75 bits per heavy atom. The largest absolute Gasteiger partial charge is 0.508 e. The predicted molar refractivity (Wildman–Crippen MR) is 84.4 cm³/mol. The van der Waals surface area contributed by atoms with E-state index in [0.717, 1.165) is 5.56 Å². The van der Waals surface area contributed by atoms with Gasteiger partial charge in [-0.2, -0.15) is 0 Å². The van der Waals surface area contributed by atoms with Gasteiger partial charge in [-0.15, -0.1) is 0 Å². The lowest BCUT2D eigenvalue weighted by atomic mass is 10.1. The maximum absolute atomic E-state index is 12.2. The Hall–Kier alpha value is -1.72. The molecule has 2 aromatic rings. The molecule has 0 aliphatic rings. The van der Waals surface area contributed by atoms with Crippen molar-refractivity contribution >= 4 is 44.8 Å². The minimum absolute atomic E-state index is 0.0228. The molecule has 1 amide bonds. The molecule has 0 radical (unpaired) electrons. The van der Waals surface area contributed by atoms with E-state index in [4.69, 9.17) is 17.3 Å². The number of hydrogen-bond acceptors (Lipinski definition) is 3. The molecule has 20 heavy (non-hydrogen) atoms. The van der Waals surface area contributed by atoms with Crippen LogP contribution in [0.15, 0.2) is 34.8 Å². The summed E-state index contributed by atoms with van der Waals surface area (Å²) in [5, 5.41) is 12.7. The number of hydrogen-bond donors (Lipinski definition) is 3. The van der Waals surface area contributed by atoms with E-state index in [9.17, 15) is 9.90 Å². The van der Waals surface area contributed by atoms with E-state index in [1.807, 2.05) is 13.0 Å². The minimum Gasteiger partial charge on any atom is -0.508 e. The van der Waals surface area contributed by atoms with Crippen LogP contribution in [-0.4, -0.2) is 11.0 Å². The number of benzene rings is 2. The fraction of sp³-hybridized carbons (Fsp3) is 0.0714. The average molecular weight is 356 g/mol. The molecule has 0 unspecified atom stereocenters. The first-order chi connectivity index (χ1) is 9.38. The molecule has 0 bridgehead atoms. The molecule has 0 fully saturated rings. The molecule has 4 N–H and O–H groups in total. The first-order valence-corrected chi connectivity index (χ1v) is 6.91. The molecule has 2 rings (SSSR count). The summed E-state index contributed by atoms with van der Waals surface area (Å²) in [5.74, 6) is -0.440. The van der Waals surface area contributed by atoms with Crippen LogP contribution in [0.5, 0.6) is 5.75 Å². The van der Waals surface area contributed by atoms with E-state index < -0.39 is 5.91 Å². The maximum atomic E-state index is 12.2. The minimum atomic E-state index is -0.418. The smallest absolute Gasteiger partial charge is 0.257 e. The van der Waals surface area contributed by atoms with E-state index >= 15 is 0 Å². The van der Waals surface area contributed by atoms with E-state index in [-0.39, 0.29) is 17.0 Å². The molecule has 0 aliphatic carbocycles. The predicted octanol–water partition coefficient (Wildman–Crippen LogP) is 3.95. The zero-order chi connectivity index (χ0) is 14.9. The third-order valence-electron chi connectivity index (χ3n) is 2.78. The third kappa shape index (κ3) is 3.05. The summed E-state index contributed by atoms with van der Waals surface area (Å²) in [7, 11) is 0. The molecular weight excluding hydrogens is 344 g/mol. The summed E-state index contributed by atoms with van der Waals surface area (Å²) >= 11 is 9.40. The summed E-state index contributed by atoms with van der Waals surface area (Å²) in [5.41, 5.74) is 7.65. The van der Waals surface area contributed by atoms with Gasteiger partial charge in [0.25, 0.3) is 5.91 Å². The number of carbonyl (C=O) groups is 1. The Labute approximate surface area is 129 Å². The van der Waals surface area contributed by atoms with Gasteiger partial charge in [-0.05, 0) is 58.7 Å². The zero-order valence-corrected chi connectivity index (χ0v) is 12.9. The van der Waals surface area contributed by atoms with Crippen molar-refractivity contribution in [2.75, 3.05) is 11.1 Å². The summed E-state index contributed by atoms with van der Waals surface area (Å²) in [6.07, 6.45) is 0. The summed E-state index contributed by atoms with van der Waals surface area (Å²) in [4.78, 5) is 12.2. The summed E-state index contributed by atoms with van der Waals surface area (Å²) in [6.45, 7) is 1.87. The fourth-order valence-corrected chi connectivity index (χ4v) is 2.39. The Morgan fingerprint density at radius 2 is 2.05 bits per heavy atom. The Bertz CT molecular complexity index is 689. The average Bonchev–Trinajstić information content (AvgIpc) is 2.38. The molecular formula is C14H12BrClN2O2. The van der Waals surface area contributed by atoms with Gasteiger partial charge in [0.15, 0.2) is 0 Å². The van der Waals surface area contributed by atoms with Crippen LogP contribution >= 0.6 is 27.5 Å². The van der Waals surface area contributed by atoms with Gasteiger partial charge in [0.2, 0.25) is 0 Å². The second-order valence-electron chi connectivity index (χ2n) is 4.31. The highest BCUT2D eigenvalue weighted by molar-refractivity contribution is 9.10. The van der Waals surface area contributed by atoms with Crippen molar-refractivity contribution in [3.63, 3.8) is 0 Å². The molecule has 4 nitrogen and oxygen atoms in total. The standard InChI is InChI=1S/C14H12BrClN2O2/c1-7-4-10(15)13(6-11(7)16)18-14(20)9-5-8(19)2-3-12(9)17/h2-6,19H,17H2,1H3,(H,18,20). The fourth-order valence-electron chi connectivity index (χ4n) is 1.67. The molecule has 0 saturated carbocycles. The van der Waals surface area contributed by atoms with E-state index in [0.29, 0.717) is 15.2 Å². The molecule has 104 valence electrons. The van der Waals surface area contributed by atoms with Crippen LogP contribution in [0.1, 0.15) is 15.9 Å². The van der Waals surface area contributed by atoms with Gasteiger partial charge in [0, 0.05) is 15.2 Å². The Morgan fingerprint density at radius 1 is 1.35 bits per heavy atom. The number of aryl methyl sites for hydroxylation is 1. The molecule has 0 aliphatic heterocycles. The molecule has 0 spiro atoms. The number of aromatic hydroxyl groups is 1. The zero-order valence-electron chi connectivity index (χ0n) is 10.6. The first-order valence-electron chi connectivity index (χ1n) is 5.74. The summed E-state index contributed by atoms with van der Waals surface area (Å²) < 4.78 is 0.714. The van der Waals surface area contributed by atoms with Crippen molar-refractivity contribution < 1.29 is 9.90 Å². The number of nitrogens with two attached hydrogens (primary N) is 1. The first kappa shape index (κ1) is 14.7. The lowest BCUT2D eigenvalue weighted by Gasteiger charge is -2.11. The second kappa shape index (κ2) is 5.73. The van der Waals surface area contributed by atoms with Gasteiger partial charge < -0.3 is 16.2 Å². The van der Waals surface area contributed by atoms with Crippen molar-refractivity contribution in [3.8, 4) is 5.75 Å². The van der Waals surface area contributed by atoms with Crippen LogP contribution in [0.4, 0.5) is 11.4 Å². The van der Waals surface area contributed by atoms with Crippen LogP contribution in [0, 0.1) is 6.92 Å². The molecule has 2 aromatic carbocycles. The molecule has 0 heterocycles. The lowest BCUT2D eigenvalue weighted by molar-refractivity contribution is 0.102. The van der Waals surface area contributed by atoms with Gasteiger partial charge in [0.1, 0.15) is 5.75 Å². The number of phenolic OH excluding ortho intramolecular Hbond substituents is 1. The topological polar surface area (TPSA) is 75.3 Å². The number of nitrogens with one attached hydrogen (secondary N) is 1. The number of anilines is 2. The molecule has 0 saturated heterocycles. The van der Waals surface area contributed by atoms with Crippen LogP contribution < -0.4 is 11.1 Å².